The lowest BCUT2D eigenvalue weighted by Crippen LogP contribution is -1.95. The summed E-state index contributed by atoms with van der Waals surface area (Å²) >= 11 is 0. The molecule has 0 atom stereocenters. The van der Waals surface area contributed by atoms with E-state index in [1.54, 1.807) is 0 Å². The second kappa shape index (κ2) is 8.32. The SMILES string of the molecule is Cc1cc(CCCCCOO)cc(C)c1C#CC#N. The highest BCUT2D eigenvalue weighted by molar-refractivity contribution is 5.49. The fraction of sp³-hybridized carbons (Fsp3) is 0.438. The van der Waals surface area contributed by atoms with Gasteiger partial charge in [-0.1, -0.05) is 24.5 Å². The summed E-state index contributed by atoms with van der Waals surface area (Å²) in [6.45, 7) is 4.45. The zero-order chi connectivity index (χ0) is 14.1. The number of hydrogen-bond donors (Lipinski definition) is 1. The van der Waals surface area contributed by atoms with E-state index in [-0.39, 0.29) is 0 Å². The van der Waals surface area contributed by atoms with Crippen LogP contribution in [0.15, 0.2) is 12.1 Å². The lowest BCUT2D eigenvalue weighted by Gasteiger charge is -2.08. The molecule has 0 aromatic heterocycles. The van der Waals surface area contributed by atoms with Crippen molar-refractivity contribution in [2.75, 3.05) is 6.61 Å². The molecule has 0 saturated heterocycles. The Hall–Kier alpha value is -1.81. The Morgan fingerprint density at radius 1 is 1.16 bits per heavy atom. The Morgan fingerprint density at radius 2 is 1.84 bits per heavy atom. The molecule has 1 rings (SSSR count). The molecule has 1 N–H and O–H groups in total. The highest BCUT2D eigenvalue weighted by Crippen LogP contribution is 2.17. The van der Waals surface area contributed by atoms with Crippen molar-refractivity contribution in [3.8, 4) is 17.9 Å². The molecule has 1 aromatic rings. The summed E-state index contributed by atoms with van der Waals surface area (Å²) in [7, 11) is 0. The number of hydrogen-bond acceptors (Lipinski definition) is 3. The van der Waals surface area contributed by atoms with Gasteiger partial charge >= 0.3 is 0 Å². The molecular formula is C16H19NO2. The van der Waals surface area contributed by atoms with E-state index in [1.807, 2.05) is 19.9 Å². The molecule has 19 heavy (non-hydrogen) atoms. The molecule has 100 valence electrons. The minimum atomic E-state index is 0.404. The number of unbranched alkanes of at least 4 members (excludes halogenated alkanes) is 2. The largest absolute Gasteiger partial charge is 0.252 e. The molecular weight excluding hydrogens is 238 g/mol. The average Bonchev–Trinajstić information content (AvgIpc) is 2.38. The van der Waals surface area contributed by atoms with Crippen molar-refractivity contribution in [1.29, 1.82) is 5.26 Å². The summed E-state index contributed by atoms with van der Waals surface area (Å²) in [4.78, 5) is 4.04. The summed E-state index contributed by atoms with van der Waals surface area (Å²) in [5.41, 5.74) is 4.49. The van der Waals surface area contributed by atoms with Crippen molar-refractivity contribution < 1.29 is 10.1 Å². The number of rotatable bonds is 6. The van der Waals surface area contributed by atoms with Crippen LogP contribution in [0.3, 0.4) is 0 Å². The fourth-order valence-electron chi connectivity index (χ4n) is 2.16. The molecule has 0 radical (unpaired) electrons. The van der Waals surface area contributed by atoms with Crippen LogP contribution in [0.5, 0.6) is 0 Å². The minimum absolute atomic E-state index is 0.404. The topological polar surface area (TPSA) is 53.2 Å². The molecule has 0 bridgehead atoms. The highest BCUT2D eigenvalue weighted by atomic mass is 17.1. The van der Waals surface area contributed by atoms with Crippen LogP contribution in [0.2, 0.25) is 0 Å². The number of aryl methyl sites for hydroxylation is 3. The normalized spacial score (nSPS) is 9.58. The maximum absolute atomic E-state index is 8.50. The Morgan fingerprint density at radius 3 is 2.42 bits per heavy atom. The van der Waals surface area contributed by atoms with E-state index >= 15 is 0 Å². The molecule has 0 spiro atoms. The maximum Gasteiger partial charge on any atom is 0.152 e. The molecule has 0 aliphatic heterocycles. The van der Waals surface area contributed by atoms with Crippen molar-refractivity contribution in [3.63, 3.8) is 0 Å². The molecule has 3 heteroatoms. The van der Waals surface area contributed by atoms with Crippen LogP contribution in [0.4, 0.5) is 0 Å². The monoisotopic (exact) mass is 257 g/mol. The van der Waals surface area contributed by atoms with Gasteiger partial charge in [-0.05, 0) is 49.8 Å². The molecule has 3 nitrogen and oxygen atoms in total. The minimum Gasteiger partial charge on any atom is -0.252 e. The van der Waals surface area contributed by atoms with Gasteiger partial charge in [0.25, 0.3) is 0 Å². The van der Waals surface area contributed by atoms with Crippen LogP contribution >= 0.6 is 0 Å². The van der Waals surface area contributed by atoms with Crippen LogP contribution in [0, 0.1) is 37.0 Å². The molecule has 0 heterocycles. The summed E-state index contributed by atoms with van der Waals surface area (Å²) < 4.78 is 0. The van der Waals surface area contributed by atoms with E-state index in [1.165, 1.54) is 5.56 Å². The van der Waals surface area contributed by atoms with E-state index in [9.17, 15) is 0 Å². The second-order valence-corrected chi connectivity index (χ2v) is 4.61. The predicted molar refractivity (Wildman–Crippen MR) is 74.5 cm³/mol. The summed E-state index contributed by atoms with van der Waals surface area (Å²) in [5, 5.41) is 16.7. The first-order valence-electron chi connectivity index (χ1n) is 6.45. The van der Waals surface area contributed by atoms with Crippen LogP contribution < -0.4 is 0 Å². The van der Waals surface area contributed by atoms with E-state index in [2.05, 4.69) is 28.9 Å². The summed E-state index contributed by atoms with van der Waals surface area (Å²) in [6.07, 6.45) is 4.00. The van der Waals surface area contributed by atoms with E-state index in [0.717, 1.165) is 42.4 Å². The van der Waals surface area contributed by atoms with Gasteiger partial charge < -0.3 is 0 Å². The smallest absolute Gasteiger partial charge is 0.152 e. The van der Waals surface area contributed by atoms with Gasteiger partial charge in [-0.25, -0.2) is 4.89 Å². The fourth-order valence-corrected chi connectivity index (χ4v) is 2.16. The van der Waals surface area contributed by atoms with Gasteiger partial charge in [-0.15, -0.1) is 0 Å². The van der Waals surface area contributed by atoms with Crippen molar-refractivity contribution in [2.24, 2.45) is 0 Å². The van der Waals surface area contributed by atoms with Gasteiger partial charge in [-0.2, -0.15) is 5.26 Å². The van der Waals surface area contributed by atoms with Crippen LogP contribution in [-0.2, 0) is 11.3 Å². The number of benzene rings is 1. The number of nitriles is 1. The van der Waals surface area contributed by atoms with E-state index in [4.69, 9.17) is 10.5 Å². The van der Waals surface area contributed by atoms with Gasteiger partial charge in [-0.3, -0.25) is 5.26 Å². The lowest BCUT2D eigenvalue weighted by molar-refractivity contribution is -0.242. The van der Waals surface area contributed by atoms with E-state index < -0.39 is 0 Å². The molecule has 0 unspecified atom stereocenters. The molecule has 0 amide bonds. The van der Waals surface area contributed by atoms with E-state index in [0.29, 0.717) is 6.61 Å². The molecule has 0 fully saturated rings. The van der Waals surface area contributed by atoms with Crippen molar-refractivity contribution in [2.45, 2.75) is 39.5 Å². The average molecular weight is 257 g/mol. The zero-order valence-corrected chi connectivity index (χ0v) is 11.5. The van der Waals surface area contributed by atoms with Crippen LogP contribution in [-0.4, -0.2) is 11.9 Å². The first-order chi connectivity index (χ1) is 9.19. The maximum atomic E-state index is 8.50. The first kappa shape index (κ1) is 15.2. The third-order valence-electron chi connectivity index (χ3n) is 3.04. The number of nitrogens with zero attached hydrogens (tertiary/aromatic N) is 1. The van der Waals surface area contributed by atoms with Gasteiger partial charge in [0.1, 0.15) is 0 Å². The van der Waals surface area contributed by atoms with Crippen LogP contribution in [0.1, 0.15) is 41.5 Å². The Labute approximate surface area is 114 Å². The predicted octanol–water partition coefficient (Wildman–Crippen LogP) is 3.38. The highest BCUT2D eigenvalue weighted by Gasteiger charge is 2.03. The molecule has 0 aliphatic rings. The third kappa shape index (κ3) is 5.14. The zero-order valence-electron chi connectivity index (χ0n) is 11.5. The van der Waals surface area contributed by atoms with Crippen molar-refractivity contribution in [3.05, 3.63) is 34.4 Å². The van der Waals surface area contributed by atoms with Gasteiger partial charge in [0.2, 0.25) is 0 Å². The standard InChI is InChI=1S/C16H19NO2/c1-13-11-15(7-4-3-5-10-19-18)12-14(2)16(13)8-6-9-17/h11-12,18H,3-5,7,10H2,1-2H3. The van der Waals surface area contributed by atoms with Crippen molar-refractivity contribution >= 4 is 0 Å². The molecule has 0 aliphatic carbocycles. The van der Waals surface area contributed by atoms with Gasteiger partial charge in [0.15, 0.2) is 6.07 Å². The lowest BCUT2D eigenvalue weighted by atomic mass is 9.97. The Balaban J connectivity index is 2.65. The third-order valence-corrected chi connectivity index (χ3v) is 3.04. The summed E-state index contributed by atoms with van der Waals surface area (Å²) in [5.74, 6) is 5.34. The van der Waals surface area contributed by atoms with Crippen molar-refractivity contribution in [1.82, 2.24) is 0 Å². The second-order valence-electron chi connectivity index (χ2n) is 4.61. The van der Waals surface area contributed by atoms with Gasteiger partial charge in [0, 0.05) is 11.5 Å². The molecule has 1 aromatic carbocycles. The summed E-state index contributed by atoms with van der Waals surface area (Å²) in [6, 6.07) is 6.12. The Bertz CT molecular complexity index is 495. The molecule has 0 saturated carbocycles. The first-order valence-corrected chi connectivity index (χ1v) is 6.45. The Kier molecular flexibility index (Phi) is 6.68. The van der Waals surface area contributed by atoms with Gasteiger partial charge in [0.05, 0.1) is 6.61 Å². The quantitative estimate of drug-likeness (QED) is 0.368. The van der Waals surface area contributed by atoms with Crippen LogP contribution in [0.25, 0.3) is 0 Å².